The van der Waals surface area contributed by atoms with E-state index in [1.54, 1.807) is 6.07 Å². The van der Waals surface area contributed by atoms with Gasteiger partial charge in [0, 0.05) is 37.9 Å². The lowest BCUT2D eigenvalue weighted by molar-refractivity contribution is -0.118. The molecule has 174 valence electrons. The zero-order valence-corrected chi connectivity index (χ0v) is 19.6. The Morgan fingerprint density at radius 1 is 1.15 bits per heavy atom. The highest BCUT2D eigenvalue weighted by atomic mass is 16.5. The maximum Gasteiger partial charge on any atom is 0.253 e. The van der Waals surface area contributed by atoms with Gasteiger partial charge in [-0.15, -0.1) is 0 Å². The van der Waals surface area contributed by atoms with Crippen LogP contribution < -0.4 is 10.6 Å². The van der Waals surface area contributed by atoms with Crippen molar-refractivity contribution in [3.05, 3.63) is 59.4 Å². The molecule has 4 rings (SSSR count). The lowest BCUT2D eigenvalue weighted by Crippen LogP contribution is -2.32. The second-order valence-corrected chi connectivity index (χ2v) is 9.03. The van der Waals surface area contributed by atoms with E-state index in [-0.39, 0.29) is 17.7 Å². The number of carbonyl (C=O) groups is 2. The normalized spacial score (nSPS) is 14.5. The first-order valence-electron chi connectivity index (χ1n) is 11.6. The van der Waals surface area contributed by atoms with Crippen LogP contribution in [0, 0.1) is 18.8 Å². The Labute approximate surface area is 194 Å². The van der Waals surface area contributed by atoms with Crippen LogP contribution in [0.2, 0.25) is 0 Å². The molecule has 2 aromatic carbocycles. The second-order valence-electron chi connectivity index (χ2n) is 9.03. The molecule has 1 aliphatic rings. The Bertz CT molecular complexity index is 1130. The molecule has 2 N–H and O–H groups in total. The minimum atomic E-state index is -0.163. The molecule has 2 heterocycles. The molecule has 3 aromatic rings. The van der Waals surface area contributed by atoms with E-state index >= 15 is 0 Å². The van der Waals surface area contributed by atoms with Gasteiger partial charge in [-0.3, -0.25) is 9.59 Å². The van der Waals surface area contributed by atoms with Crippen molar-refractivity contribution in [3.8, 4) is 0 Å². The van der Waals surface area contributed by atoms with Crippen molar-refractivity contribution in [3.63, 3.8) is 0 Å². The standard InChI is InChI=1S/C26H32N4O3/c1-17(2)25(31)29-21-13-22(26(32)27-15-19-9-11-33-12-10-19)24-23(14-21)28-18(3)30(24)16-20-7-5-4-6-8-20/h4-8,13-14,17,19H,9-12,15-16H2,1-3H3,(H,27,32)(H,29,31). The second kappa shape index (κ2) is 10.2. The molecule has 2 amide bonds. The van der Waals surface area contributed by atoms with Crippen LogP contribution in [0.25, 0.3) is 11.0 Å². The average molecular weight is 449 g/mol. The van der Waals surface area contributed by atoms with Gasteiger partial charge in [0.05, 0.1) is 16.6 Å². The summed E-state index contributed by atoms with van der Waals surface area (Å²) in [5.74, 6) is 0.825. The fourth-order valence-electron chi connectivity index (χ4n) is 4.16. The molecule has 0 aliphatic carbocycles. The molecule has 1 saturated heterocycles. The van der Waals surface area contributed by atoms with Crippen LogP contribution in [0.1, 0.15) is 48.4 Å². The molecule has 0 spiro atoms. The van der Waals surface area contributed by atoms with Gasteiger partial charge in [-0.1, -0.05) is 44.2 Å². The minimum absolute atomic E-state index is 0.0941. The summed E-state index contributed by atoms with van der Waals surface area (Å²) in [5.41, 5.74) is 3.71. The first-order valence-corrected chi connectivity index (χ1v) is 11.6. The summed E-state index contributed by atoms with van der Waals surface area (Å²) in [6, 6.07) is 13.7. The molecule has 33 heavy (non-hydrogen) atoms. The molecule has 0 unspecified atom stereocenters. The SMILES string of the molecule is Cc1nc2cc(NC(=O)C(C)C)cc(C(=O)NCC3CCOCC3)c2n1Cc1ccccc1. The van der Waals surface area contributed by atoms with E-state index in [1.807, 2.05) is 45.0 Å². The Hall–Kier alpha value is -3.19. The van der Waals surface area contributed by atoms with E-state index < -0.39 is 0 Å². The molecular weight excluding hydrogens is 416 g/mol. The number of nitrogens with zero attached hydrogens (tertiary/aromatic N) is 2. The summed E-state index contributed by atoms with van der Waals surface area (Å²) in [5, 5.41) is 6.04. The van der Waals surface area contributed by atoms with Crippen LogP contribution in [-0.4, -0.2) is 41.1 Å². The highest BCUT2D eigenvalue weighted by Crippen LogP contribution is 2.27. The van der Waals surface area contributed by atoms with Gasteiger partial charge in [-0.2, -0.15) is 0 Å². The predicted octanol–water partition coefficient (Wildman–Crippen LogP) is 4.14. The van der Waals surface area contributed by atoms with E-state index in [9.17, 15) is 9.59 Å². The quantitative estimate of drug-likeness (QED) is 0.569. The number of hydrogen-bond acceptors (Lipinski definition) is 4. The van der Waals surface area contributed by atoms with Crippen molar-refractivity contribution in [2.45, 2.75) is 40.2 Å². The molecule has 1 fully saturated rings. The number of ether oxygens (including phenoxy) is 1. The number of anilines is 1. The maximum atomic E-state index is 13.4. The molecule has 1 aliphatic heterocycles. The van der Waals surface area contributed by atoms with E-state index in [4.69, 9.17) is 9.72 Å². The number of rotatable bonds is 7. The number of carbonyl (C=O) groups excluding carboxylic acids is 2. The highest BCUT2D eigenvalue weighted by molar-refractivity contribution is 6.07. The zero-order chi connectivity index (χ0) is 23.4. The maximum absolute atomic E-state index is 13.4. The first-order chi connectivity index (χ1) is 15.9. The smallest absolute Gasteiger partial charge is 0.253 e. The van der Waals surface area contributed by atoms with Crippen molar-refractivity contribution >= 4 is 28.5 Å². The van der Waals surface area contributed by atoms with Gasteiger partial charge in [0.25, 0.3) is 5.91 Å². The van der Waals surface area contributed by atoms with Gasteiger partial charge in [0.1, 0.15) is 5.82 Å². The van der Waals surface area contributed by atoms with Crippen LogP contribution in [0.15, 0.2) is 42.5 Å². The van der Waals surface area contributed by atoms with Crippen LogP contribution in [0.3, 0.4) is 0 Å². The summed E-state index contributed by atoms with van der Waals surface area (Å²) in [4.78, 5) is 30.4. The number of imidazole rings is 1. The van der Waals surface area contributed by atoms with Gasteiger partial charge >= 0.3 is 0 Å². The van der Waals surface area contributed by atoms with Gasteiger partial charge in [-0.05, 0) is 43.4 Å². The Balaban J connectivity index is 1.70. The van der Waals surface area contributed by atoms with Crippen molar-refractivity contribution in [2.75, 3.05) is 25.1 Å². The third kappa shape index (κ3) is 5.42. The van der Waals surface area contributed by atoms with Crippen molar-refractivity contribution < 1.29 is 14.3 Å². The summed E-state index contributed by atoms with van der Waals surface area (Å²) >= 11 is 0. The largest absolute Gasteiger partial charge is 0.381 e. The van der Waals surface area contributed by atoms with E-state index in [1.165, 1.54) is 0 Å². The molecule has 0 saturated carbocycles. The third-order valence-electron chi connectivity index (χ3n) is 6.14. The van der Waals surface area contributed by atoms with Crippen molar-refractivity contribution in [2.24, 2.45) is 11.8 Å². The van der Waals surface area contributed by atoms with Crippen molar-refractivity contribution in [1.29, 1.82) is 0 Å². The lowest BCUT2D eigenvalue weighted by atomic mass is 10.0. The number of aromatic nitrogens is 2. The zero-order valence-electron chi connectivity index (χ0n) is 19.6. The summed E-state index contributed by atoms with van der Waals surface area (Å²) in [6.07, 6.45) is 1.90. The first kappa shape index (κ1) is 23.0. The summed E-state index contributed by atoms with van der Waals surface area (Å²) in [6.45, 7) is 8.33. The number of fused-ring (bicyclic) bond motifs is 1. The molecule has 0 atom stereocenters. The van der Waals surface area contributed by atoms with Gasteiger partial charge in [0.2, 0.25) is 5.91 Å². The van der Waals surface area contributed by atoms with E-state index in [0.29, 0.717) is 35.8 Å². The van der Waals surface area contributed by atoms with Gasteiger partial charge in [0.15, 0.2) is 0 Å². The lowest BCUT2D eigenvalue weighted by Gasteiger charge is -2.22. The van der Waals surface area contributed by atoms with E-state index in [2.05, 4.69) is 27.3 Å². The number of aryl methyl sites for hydroxylation is 1. The van der Waals surface area contributed by atoms with Gasteiger partial charge < -0.3 is 19.9 Å². The minimum Gasteiger partial charge on any atom is -0.381 e. The number of amides is 2. The molecule has 1 aromatic heterocycles. The summed E-state index contributed by atoms with van der Waals surface area (Å²) in [7, 11) is 0. The summed E-state index contributed by atoms with van der Waals surface area (Å²) < 4.78 is 7.50. The number of hydrogen-bond donors (Lipinski definition) is 2. The molecule has 0 radical (unpaired) electrons. The average Bonchev–Trinajstić information content (AvgIpc) is 3.12. The van der Waals surface area contributed by atoms with Crippen LogP contribution >= 0.6 is 0 Å². The number of nitrogens with one attached hydrogen (secondary N) is 2. The Kier molecular flexibility index (Phi) is 7.08. The van der Waals surface area contributed by atoms with E-state index in [0.717, 1.165) is 43.0 Å². The fourth-order valence-corrected chi connectivity index (χ4v) is 4.16. The third-order valence-corrected chi connectivity index (χ3v) is 6.14. The topological polar surface area (TPSA) is 85.2 Å². The Morgan fingerprint density at radius 3 is 2.58 bits per heavy atom. The van der Waals surface area contributed by atoms with Crippen LogP contribution in [-0.2, 0) is 16.1 Å². The number of benzene rings is 2. The van der Waals surface area contributed by atoms with Gasteiger partial charge in [-0.25, -0.2) is 4.98 Å². The monoisotopic (exact) mass is 448 g/mol. The molecular formula is C26H32N4O3. The van der Waals surface area contributed by atoms with Crippen molar-refractivity contribution in [1.82, 2.24) is 14.9 Å². The van der Waals surface area contributed by atoms with Crippen LogP contribution in [0.5, 0.6) is 0 Å². The fraction of sp³-hybridized carbons (Fsp3) is 0.423. The Morgan fingerprint density at radius 2 is 1.88 bits per heavy atom. The predicted molar refractivity (Wildman–Crippen MR) is 129 cm³/mol. The van der Waals surface area contributed by atoms with Crippen LogP contribution in [0.4, 0.5) is 5.69 Å². The highest BCUT2D eigenvalue weighted by Gasteiger charge is 2.21. The molecule has 7 nitrogen and oxygen atoms in total. The molecule has 7 heteroatoms. The molecule has 0 bridgehead atoms.